The fourth-order valence-corrected chi connectivity index (χ4v) is 4.27. The van der Waals surface area contributed by atoms with Crippen molar-refractivity contribution in [1.29, 1.82) is 0 Å². The predicted molar refractivity (Wildman–Crippen MR) is 160 cm³/mol. The van der Waals surface area contributed by atoms with E-state index in [0.717, 1.165) is 16.6 Å². The molecule has 0 saturated carbocycles. The van der Waals surface area contributed by atoms with Crippen LogP contribution in [0.15, 0.2) is 72.9 Å². The van der Waals surface area contributed by atoms with E-state index in [1.165, 1.54) is 27.4 Å². The number of benzene rings is 3. The predicted octanol–water partition coefficient (Wildman–Crippen LogP) is 5.42. The largest absolute Gasteiger partial charge is 0.496 e. The Morgan fingerprint density at radius 1 is 0.878 bits per heavy atom. The van der Waals surface area contributed by atoms with Crippen LogP contribution in [-0.2, 0) is 4.79 Å². The number of para-hydroxylation sites is 1. The molecule has 4 aromatic rings. The molecule has 41 heavy (non-hydrogen) atoms. The Morgan fingerprint density at radius 3 is 2.41 bits per heavy atom. The van der Waals surface area contributed by atoms with Crippen LogP contribution in [0.25, 0.3) is 17.0 Å². The number of hydrogen-bond acceptors (Lipinski definition) is 8. The highest BCUT2D eigenvalue weighted by atomic mass is 35.5. The molecular weight excluding hydrogens is 546 g/mol. The molecule has 10 heteroatoms. The van der Waals surface area contributed by atoms with Gasteiger partial charge in [-0.25, -0.2) is 0 Å². The number of ether oxygens (including phenoxy) is 4. The zero-order valence-corrected chi connectivity index (χ0v) is 23.7. The zero-order valence-electron chi connectivity index (χ0n) is 22.9. The minimum atomic E-state index is -0.314. The number of anilines is 1. The van der Waals surface area contributed by atoms with Crippen LogP contribution in [0.1, 0.15) is 15.9 Å². The lowest BCUT2D eigenvalue weighted by Gasteiger charge is -2.12. The van der Waals surface area contributed by atoms with Gasteiger partial charge in [0.1, 0.15) is 11.5 Å². The third-order valence-electron chi connectivity index (χ3n) is 6.13. The minimum Gasteiger partial charge on any atom is -0.496 e. The van der Waals surface area contributed by atoms with Gasteiger partial charge in [0.05, 0.1) is 32.4 Å². The first-order valence-corrected chi connectivity index (χ1v) is 13.1. The molecule has 9 nitrogen and oxygen atoms in total. The van der Waals surface area contributed by atoms with Gasteiger partial charge in [0.25, 0.3) is 5.91 Å². The third-order valence-corrected chi connectivity index (χ3v) is 6.36. The normalized spacial score (nSPS) is 10.8. The maximum atomic E-state index is 13.0. The highest BCUT2D eigenvalue weighted by molar-refractivity contribution is 6.31. The molecule has 0 aliphatic heterocycles. The molecule has 0 atom stereocenters. The molecule has 3 aromatic carbocycles. The van der Waals surface area contributed by atoms with Crippen molar-refractivity contribution in [3.63, 3.8) is 0 Å². The average molecular weight is 576 g/mol. The summed E-state index contributed by atoms with van der Waals surface area (Å²) in [5, 5.41) is 7.66. The Morgan fingerprint density at radius 2 is 1.63 bits per heavy atom. The van der Waals surface area contributed by atoms with E-state index in [-0.39, 0.29) is 18.3 Å². The van der Waals surface area contributed by atoms with E-state index < -0.39 is 0 Å². The molecule has 212 valence electrons. The lowest BCUT2D eigenvalue weighted by Crippen LogP contribution is -2.32. The fraction of sp³-hybridized carbons (Fsp3) is 0.194. The molecule has 1 amide bonds. The molecule has 0 spiro atoms. The molecule has 0 radical (unpaired) electrons. The fourth-order valence-electron chi connectivity index (χ4n) is 4.10. The number of allylic oxidation sites excluding steroid dienone is 1. The van der Waals surface area contributed by atoms with E-state index >= 15 is 0 Å². The third kappa shape index (κ3) is 7.46. The van der Waals surface area contributed by atoms with Crippen molar-refractivity contribution in [3.8, 4) is 23.0 Å². The number of hydrogen-bond donors (Lipinski definition) is 2. The van der Waals surface area contributed by atoms with E-state index in [2.05, 4.69) is 15.6 Å². The van der Waals surface area contributed by atoms with Gasteiger partial charge in [-0.15, -0.1) is 0 Å². The van der Waals surface area contributed by atoms with Gasteiger partial charge in [-0.05, 0) is 54.6 Å². The van der Waals surface area contributed by atoms with Gasteiger partial charge in [0.15, 0.2) is 23.9 Å². The van der Waals surface area contributed by atoms with Crippen LogP contribution >= 0.6 is 11.6 Å². The molecular formula is C31H30ClN3O6. The highest BCUT2D eigenvalue weighted by Gasteiger charge is 2.14. The number of rotatable bonds is 13. The number of carbonyl (C=O) groups excluding carboxylic acids is 2. The van der Waals surface area contributed by atoms with Crippen molar-refractivity contribution in [1.82, 2.24) is 10.3 Å². The summed E-state index contributed by atoms with van der Waals surface area (Å²) in [6.07, 6.45) is 4.74. The zero-order chi connectivity index (χ0) is 29.2. The Balaban J connectivity index is 1.32. The molecule has 0 aliphatic carbocycles. The van der Waals surface area contributed by atoms with Gasteiger partial charge in [0, 0.05) is 47.0 Å². The summed E-state index contributed by atoms with van der Waals surface area (Å²) in [5.41, 5.74) is 2.63. The molecule has 0 unspecified atom stereocenters. The van der Waals surface area contributed by atoms with Crippen molar-refractivity contribution < 1.29 is 28.5 Å². The Hall–Kier alpha value is -4.76. The summed E-state index contributed by atoms with van der Waals surface area (Å²) in [7, 11) is 4.59. The van der Waals surface area contributed by atoms with E-state index in [0.29, 0.717) is 52.2 Å². The van der Waals surface area contributed by atoms with Crippen molar-refractivity contribution in [2.24, 2.45) is 0 Å². The number of nitrogens with zero attached hydrogens (tertiary/aromatic N) is 1. The molecule has 1 aromatic heterocycles. The summed E-state index contributed by atoms with van der Waals surface area (Å²) in [4.78, 5) is 29.8. The second-order valence-corrected chi connectivity index (χ2v) is 9.16. The molecule has 0 aliphatic rings. The number of fused-ring (bicyclic) bond motifs is 1. The van der Waals surface area contributed by atoms with Crippen LogP contribution in [0.5, 0.6) is 23.0 Å². The summed E-state index contributed by atoms with van der Waals surface area (Å²) in [6.45, 7) is 0.622. The quantitative estimate of drug-likeness (QED) is 0.124. The number of halogens is 1. The van der Waals surface area contributed by atoms with Crippen LogP contribution in [-0.4, -0.2) is 57.7 Å². The van der Waals surface area contributed by atoms with Crippen molar-refractivity contribution in [2.75, 3.05) is 46.3 Å². The summed E-state index contributed by atoms with van der Waals surface area (Å²) >= 11 is 6.05. The first-order chi connectivity index (χ1) is 19.9. The number of carbonyl (C=O) groups is 2. The van der Waals surface area contributed by atoms with E-state index in [4.69, 9.17) is 30.5 Å². The molecule has 1 heterocycles. The van der Waals surface area contributed by atoms with Crippen LogP contribution in [0, 0.1) is 0 Å². The molecule has 4 rings (SSSR count). The number of amides is 1. The number of ketones is 1. The van der Waals surface area contributed by atoms with Crippen LogP contribution in [0.4, 0.5) is 5.69 Å². The second kappa shape index (κ2) is 14.0. The summed E-state index contributed by atoms with van der Waals surface area (Å²) < 4.78 is 21.8. The van der Waals surface area contributed by atoms with Gasteiger partial charge in [-0.2, -0.15) is 0 Å². The topological polar surface area (TPSA) is 108 Å². The minimum absolute atomic E-state index is 0.242. The lowest BCUT2D eigenvalue weighted by atomic mass is 10.1. The number of methoxy groups -OCH3 is 3. The van der Waals surface area contributed by atoms with Gasteiger partial charge in [-0.1, -0.05) is 23.7 Å². The van der Waals surface area contributed by atoms with Gasteiger partial charge < -0.3 is 29.6 Å². The summed E-state index contributed by atoms with van der Waals surface area (Å²) in [5.74, 6) is 1.22. The number of pyridine rings is 1. The Bertz CT molecular complexity index is 1570. The molecule has 0 bridgehead atoms. The number of nitrogens with one attached hydrogen (secondary N) is 2. The monoisotopic (exact) mass is 575 g/mol. The van der Waals surface area contributed by atoms with Crippen LogP contribution < -0.4 is 29.6 Å². The van der Waals surface area contributed by atoms with Gasteiger partial charge in [-0.3, -0.25) is 14.6 Å². The molecule has 0 saturated heterocycles. The van der Waals surface area contributed by atoms with Gasteiger partial charge in [0.2, 0.25) is 0 Å². The van der Waals surface area contributed by atoms with Crippen LogP contribution in [0.2, 0.25) is 5.02 Å². The Labute approximate surface area is 243 Å². The average Bonchev–Trinajstić information content (AvgIpc) is 3.00. The number of aromatic nitrogens is 1. The molecule has 0 fully saturated rings. The highest BCUT2D eigenvalue weighted by Crippen LogP contribution is 2.35. The van der Waals surface area contributed by atoms with Gasteiger partial charge >= 0.3 is 0 Å². The second-order valence-electron chi connectivity index (χ2n) is 8.73. The van der Waals surface area contributed by atoms with Crippen molar-refractivity contribution in [3.05, 3.63) is 89.1 Å². The lowest BCUT2D eigenvalue weighted by molar-refractivity contribution is -0.123. The standard InChI is InChI=1S/C31H30ClN3O6/c1-38-28-18-30(40-3)29(39-2)16-20(28)8-11-26(36)23-6-4-5-7-27(23)41-19-31(37)35-15-14-34-24-12-13-33-25-17-21(32)9-10-22(24)25/h4-13,16-18H,14-15,19H2,1-3H3,(H,33,34)(H,35,37)/b11-8+. The Kier molecular flexibility index (Phi) is 10.0. The van der Waals surface area contributed by atoms with Crippen LogP contribution in [0.3, 0.4) is 0 Å². The van der Waals surface area contributed by atoms with E-state index in [9.17, 15) is 9.59 Å². The SMILES string of the molecule is COc1cc(OC)c(OC)cc1/C=C/C(=O)c1ccccc1OCC(=O)NCCNc1ccnc2cc(Cl)ccc12. The maximum Gasteiger partial charge on any atom is 0.258 e. The first kappa shape index (κ1) is 29.2. The maximum absolute atomic E-state index is 13.0. The smallest absolute Gasteiger partial charge is 0.258 e. The van der Waals surface area contributed by atoms with Crippen molar-refractivity contribution in [2.45, 2.75) is 0 Å². The first-order valence-electron chi connectivity index (χ1n) is 12.7. The summed E-state index contributed by atoms with van der Waals surface area (Å²) in [6, 6.07) is 17.5. The molecule has 2 N–H and O–H groups in total. The van der Waals surface area contributed by atoms with E-state index in [1.54, 1.807) is 60.8 Å². The van der Waals surface area contributed by atoms with Crippen molar-refractivity contribution >= 4 is 46.0 Å². The van der Waals surface area contributed by atoms with E-state index in [1.807, 2.05) is 12.1 Å².